The number of sulfonamides is 1. The van der Waals surface area contributed by atoms with Gasteiger partial charge in [-0.05, 0) is 19.9 Å². The number of halogens is 1. The van der Waals surface area contributed by atoms with Gasteiger partial charge < -0.3 is 5.32 Å². The molecule has 6 nitrogen and oxygen atoms in total. The summed E-state index contributed by atoms with van der Waals surface area (Å²) in [5, 5.41) is 7.16. The molecule has 1 aliphatic heterocycles. The van der Waals surface area contributed by atoms with Crippen LogP contribution >= 0.6 is 12.4 Å². The van der Waals surface area contributed by atoms with E-state index in [4.69, 9.17) is 0 Å². The molecule has 1 N–H and O–H groups in total. The largest absolute Gasteiger partial charge is 0.315 e. The Labute approximate surface area is 114 Å². The van der Waals surface area contributed by atoms with Gasteiger partial charge in [-0.3, -0.25) is 4.68 Å². The van der Waals surface area contributed by atoms with Crippen molar-refractivity contribution < 1.29 is 8.42 Å². The average Bonchev–Trinajstić information content (AvgIpc) is 2.89. The summed E-state index contributed by atoms with van der Waals surface area (Å²) in [5.41, 5.74) is 0.669. The van der Waals surface area contributed by atoms with E-state index in [1.54, 1.807) is 25.7 Å². The van der Waals surface area contributed by atoms with E-state index in [0.29, 0.717) is 10.6 Å². The second-order valence-electron chi connectivity index (χ2n) is 4.39. The minimum atomic E-state index is -3.42. The van der Waals surface area contributed by atoms with Crippen LogP contribution < -0.4 is 5.32 Å². The Morgan fingerprint density at radius 1 is 1.56 bits per heavy atom. The minimum absolute atomic E-state index is 0. The summed E-state index contributed by atoms with van der Waals surface area (Å²) in [7, 11) is -0.0424. The number of aromatic nitrogens is 2. The molecule has 8 heteroatoms. The molecule has 1 aromatic rings. The van der Waals surface area contributed by atoms with E-state index in [1.807, 2.05) is 0 Å². The molecule has 0 radical (unpaired) electrons. The maximum atomic E-state index is 12.4. The lowest BCUT2D eigenvalue weighted by atomic mass is 10.3. The molecule has 104 valence electrons. The molecule has 1 unspecified atom stereocenters. The van der Waals surface area contributed by atoms with Crippen LogP contribution in [-0.4, -0.2) is 48.7 Å². The molecule has 0 bridgehead atoms. The highest BCUT2D eigenvalue weighted by molar-refractivity contribution is 7.89. The van der Waals surface area contributed by atoms with E-state index in [0.717, 1.165) is 19.5 Å². The molecule has 1 saturated heterocycles. The molecule has 2 heterocycles. The van der Waals surface area contributed by atoms with Gasteiger partial charge in [-0.25, -0.2) is 8.42 Å². The average molecular weight is 295 g/mol. The Balaban J connectivity index is 0.00000162. The highest BCUT2D eigenvalue weighted by atomic mass is 35.5. The second-order valence-corrected chi connectivity index (χ2v) is 6.35. The molecule has 1 fully saturated rings. The van der Waals surface area contributed by atoms with Crippen molar-refractivity contribution in [2.24, 2.45) is 7.05 Å². The van der Waals surface area contributed by atoms with Crippen molar-refractivity contribution in [3.63, 3.8) is 0 Å². The van der Waals surface area contributed by atoms with Crippen molar-refractivity contribution in [3.8, 4) is 0 Å². The van der Waals surface area contributed by atoms with E-state index in [-0.39, 0.29) is 18.4 Å². The fourth-order valence-electron chi connectivity index (χ4n) is 2.03. The summed E-state index contributed by atoms with van der Waals surface area (Å²) in [6.07, 6.45) is 2.28. The zero-order chi connectivity index (χ0) is 12.6. The second kappa shape index (κ2) is 5.56. The fraction of sp³-hybridized carbons (Fsp3) is 0.700. The minimum Gasteiger partial charge on any atom is -0.315 e. The molecular formula is C10H19ClN4O2S. The van der Waals surface area contributed by atoms with Gasteiger partial charge in [-0.15, -0.1) is 12.4 Å². The Hall–Kier alpha value is -0.630. The molecular weight excluding hydrogens is 276 g/mol. The van der Waals surface area contributed by atoms with Crippen molar-refractivity contribution >= 4 is 22.4 Å². The molecule has 0 amide bonds. The predicted molar refractivity (Wildman–Crippen MR) is 71.4 cm³/mol. The lowest BCUT2D eigenvalue weighted by molar-refractivity contribution is 0.387. The normalized spacial score (nSPS) is 20.1. The van der Waals surface area contributed by atoms with Gasteiger partial charge in [0.1, 0.15) is 4.90 Å². The Morgan fingerprint density at radius 3 is 2.67 bits per heavy atom. The fourth-order valence-corrected chi connectivity index (χ4v) is 3.60. The van der Waals surface area contributed by atoms with Gasteiger partial charge in [-0.1, -0.05) is 0 Å². The third-order valence-electron chi connectivity index (χ3n) is 3.40. The first-order valence-electron chi connectivity index (χ1n) is 5.62. The number of nitrogens with one attached hydrogen (secondary N) is 1. The van der Waals surface area contributed by atoms with Crippen molar-refractivity contribution in [3.05, 3.63) is 11.9 Å². The SMILES string of the molecule is Cc1c(S(=O)(=O)N(C)C2CCNC2)cnn1C.Cl. The highest BCUT2D eigenvalue weighted by Crippen LogP contribution is 2.21. The van der Waals surface area contributed by atoms with Gasteiger partial charge in [-0.2, -0.15) is 9.40 Å². The van der Waals surface area contributed by atoms with Crippen LogP contribution in [0, 0.1) is 6.92 Å². The first-order valence-corrected chi connectivity index (χ1v) is 7.06. The van der Waals surface area contributed by atoms with Crippen molar-refractivity contribution in [1.82, 2.24) is 19.4 Å². The van der Waals surface area contributed by atoms with Crippen LogP contribution in [0.5, 0.6) is 0 Å². The molecule has 0 aromatic carbocycles. The third-order valence-corrected chi connectivity index (χ3v) is 5.41. The van der Waals surface area contributed by atoms with Crippen LogP contribution in [0.3, 0.4) is 0 Å². The first kappa shape index (κ1) is 15.4. The molecule has 0 saturated carbocycles. The van der Waals surface area contributed by atoms with Gasteiger partial charge in [0.05, 0.1) is 11.9 Å². The molecule has 2 rings (SSSR count). The van der Waals surface area contributed by atoms with Gasteiger partial charge in [0.15, 0.2) is 0 Å². The van der Waals surface area contributed by atoms with Gasteiger partial charge >= 0.3 is 0 Å². The van der Waals surface area contributed by atoms with Crippen LogP contribution in [0.25, 0.3) is 0 Å². The standard InChI is InChI=1S/C10H18N4O2S.ClH/c1-8-10(7-12-13(8)2)17(15,16)14(3)9-4-5-11-6-9;/h7,9,11H,4-6H2,1-3H3;1H. The quantitative estimate of drug-likeness (QED) is 0.861. The van der Waals surface area contributed by atoms with Crippen LogP contribution in [0.2, 0.25) is 0 Å². The first-order chi connectivity index (χ1) is 7.94. The summed E-state index contributed by atoms with van der Waals surface area (Å²) < 4.78 is 27.8. The lowest BCUT2D eigenvalue weighted by Crippen LogP contribution is -2.38. The van der Waals surface area contributed by atoms with E-state index in [1.165, 1.54) is 10.5 Å². The zero-order valence-electron chi connectivity index (χ0n) is 10.8. The Morgan fingerprint density at radius 2 is 2.22 bits per heavy atom. The summed E-state index contributed by atoms with van der Waals surface area (Å²) in [5.74, 6) is 0. The molecule has 18 heavy (non-hydrogen) atoms. The predicted octanol–water partition coefficient (Wildman–Crippen LogP) is 0.133. The zero-order valence-corrected chi connectivity index (χ0v) is 12.4. The van der Waals surface area contributed by atoms with Crippen molar-refractivity contribution in [2.45, 2.75) is 24.3 Å². The van der Waals surface area contributed by atoms with E-state index >= 15 is 0 Å². The van der Waals surface area contributed by atoms with Crippen molar-refractivity contribution in [1.29, 1.82) is 0 Å². The third kappa shape index (κ3) is 2.54. The van der Waals surface area contributed by atoms with Crippen LogP contribution in [-0.2, 0) is 17.1 Å². The maximum absolute atomic E-state index is 12.4. The monoisotopic (exact) mass is 294 g/mol. The summed E-state index contributed by atoms with van der Waals surface area (Å²) in [4.78, 5) is 0.300. The molecule has 1 atom stereocenters. The molecule has 1 aromatic heterocycles. The number of nitrogens with zero attached hydrogens (tertiary/aromatic N) is 3. The topological polar surface area (TPSA) is 67.2 Å². The summed E-state index contributed by atoms with van der Waals surface area (Å²) in [6, 6.07) is 0.0413. The summed E-state index contributed by atoms with van der Waals surface area (Å²) >= 11 is 0. The number of aryl methyl sites for hydroxylation is 1. The van der Waals surface area contributed by atoms with Crippen LogP contribution in [0.15, 0.2) is 11.1 Å². The summed E-state index contributed by atoms with van der Waals surface area (Å²) in [6.45, 7) is 3.35. The number of likely N-dealkylation sites (N-methyl/N-ethyl adjacent to an activating group) is 1. The van der Waals surface area contributed by atoms with E-state index in [2.05, 4.69) is 10.4 Å². The Kier molecular flexibility index (Phi) is 4.77. The highest BCUT2D eigenvalue weighted by Gasteiger charge is 2.32. The lowest BCUT2D eigenvalue weighted by Gasteiger charge is -2.22. The van der Waals surface area contributed by atoms with Gasteiger partial charge in [0.25, 0.3) is 0 Å². The number of hydrogen-bond donors (Lipinski definition) is 1. The molecule has 0 aliphatic carbocycles. The molecule has 1 aliphatic rings. The van der Waals surface area contributed by atoms with Crippen LogP contribution in [0.4, 0.5) is 0 Å². The maximum Gasteiger partial charge on any atom is 0.246 e. The van der Waals surface area contributed by atoms with E-state index in [9.17, 15) is 8.42 Å². The number of hydrogen-bond acceptors (Lipinski definition) is 4. The van der Waals surface area contributed by atoms with Crippen LogP contribution in [0.1, 0.15) is 12.1 Å². The van der Waals surface area contributed by atoms with Gasteiger partial charge in [0.2, 0.25) is 10.0 Å². The van der Waals surface area contributed by atoms with E-state index < -0.39 is 10.0 Å². The van der Waals surface area contributed by atoms with Gasteiger partial charge in [0, 0.05) is 26.7 Å². The number of rotatable bonds is 3. The van der Waals surface area contributed by atoms with Crippen molar-refractivity contribution in [2.75, 3.05) is 20.1 Å². The smallest absolute Gasteiger partial charge is 0.246 e. The Bertz CT molecular complexity index is 508. The molecule has 0 spiro atoms.